The highest BCUT2D eigenvalue weighted by Crippen LogP contribution is 2.18. The van der Waals surface area contributed by atoms with Gasteiger partial charge in [-0.25, -0.2) is 0 Å². The van der Waals surface area contributed by atoms with E-state index in [-0.39, 0.29) is 6.04 Å². The van der Waals surface area contributed by atoms with E-state index in [1.54, 1.807) is 18.7 Å². The molecule has 0 aliphatic carbocycles. The Balaban J connectivity index is 2.00. The summed E-state index contributed by atoms with van der Waals surface area (Å²) in [5, 5.41) is 9.58. The first-order valence-electron chi connectivity index (χ1n) is 8.12. The molecule has 1 aromatic carbocycles. The quantitative estimate of drug-likeness (QED) is 0.804. The molecule has 1 aromatic heterocycles. The molecule has 0 saturated carbocycles. The summed E-state index contributed by atoms with van der Waals surface area (Å²) in [7, 11) is 5.66. The molecule has 1 unspecified atom stereocenters. The number of nitrogens with one attached hydrogen (secondary N) is 2. The standard InChI is InChI=1S/C18H25N5O2/c1-12-16(13(2)23(5)21-12)20-18(25)17(24)19-11-15(22(3)4)14-9-7-6-8-10-14/h6-10,15H,11H2,1-5H3,(H,19,24)(H,20,25). The van der Waals surface area contributed by atoms with E-state index in [9.17, 15) is 9.59 Å². The molecule has 2 rings (SSSR count). The third-order valence-corrected chi connectivity index (χ3v) is 4.22. The van der Waals surface area contributed by atoms with Gasteiger partial charge < -0.3 is 15.5 Å². The van der Waals surface area contributed by atoms with E-state index in [2.05, 4.69) is 15.7 Å². The van der Waals surface area contributed by atoms with Crippen molar-refractivity contribution in [3.8, 4) is 0 Å². The van der Waals surface area contributed by atoms with Crippen LogP contribution in [-0.2, 0) is 16.6 Å². The van der Waals surface area contributed by atoms with Crippen LogP contribution in [0.5, 0.6) is 0 Å². The maximum absolute atomic E-state index is 12.2. The van der Waals surface area contributed by atoms with Crippen LogP contribution in [0.2, 0.25) is 0 Å². The molecule has 2 amide bonds. The van der Waals surface area contributed by atoms with Crippen LogP contribution in [0.1, 0.15) is 23.0 Å². The number of aryl methyl sites for hydroxylation is 2. The molecule has 7 nitrogen and oxygen atoms in total. The topological polar surface area (TPSA) is 79.3 Å². The van der Waals surface area contributed by atoms with E-state index in [0.29, 0.717) is 17.9 Å². The lowest BCUT2D eigenvalue weighted by Gasteiger charge is -2.25. The van der Waals surface area contributed by atoms with Crippen molar-refractivity contribution in [1.29, 1.82) is 0 Å². The number of amides is 2. The molecule has 7 heteroatoms. The van der Waals surface area contributed by atoms with E-state index >= 15 is 0 Å². The van der Waals surface area contributed by atoms with E-state index < -0.39 is 11.8 Å². The van der Waals surface area contributed by atoms with Crippen molar-refractivity contribution in [3.63, 3.8) is 0 Å². The number of rotatable bonds is 5. The summed E-state index contributed by atoms with van der Waals surface area (Å²) in [5.74, 6) is -1.35. The molecule has 0 aliphatic heterocycles. The van der Waals surface area contributed by atoms with Gasteiger partial charge in [0.1, 0.15) is 0 Å². The fourth-order valence-electron chi connectivity index (χ4n) is 2.67. The first-order chi connectivity index (χ1) is 11.8. The summed E-state index contributed by atoms with van der Waals surface area (Å²) in [6.07, 6.45) is 0. The third kappa shape index (κ3) is 4.45. The second kappa shape index (κ2) is 7.94. The van der Waals surface area contributed by atoms with Crippen LogP contribution in [0.3, 0.4) is 0 Å². The molecular weight excluding hydrogens is 318 g/mol. The van der Waals surface area contributed by atoms with E-state index in [4.69, 9.17) is 0 Å². The molecule has 0 spiro atoms. The van der Waals surface area contributed by atoms with Crippen molar-refractivity contribution in [3.05, 3.63) is 47.3 Å². The number of benzene rings is 1. The largest absolute Gasteiger partial charge is 0.346 e. The average molecular weight is 343 g/mol. The van der Waals surface area contributed by atoms with Crippen LogP contribution < -0.4 is 10.6 Å². The number of carbonyl (C=O) groups is 2. The fraction of sp³-hybridized carbons (Fsp3) is 0.389. The average Bonchev–Trinajstić information content (AvgIpc) is 2.81. The van der Waals surface area contributed by atoms with Gasteiger partial charge in [-0.2, -0.15) is 5.10 Å². The highest BCUT2D eigenvalue weighted by molar-refractivity contribution is 6.39. The smallest absolute Gasteiger partial charge is 0.313 e. The normalized spacial score (nSPS) is 12.1. The molecule has 25 heavy (non-hydrogen) atoms. The van der Waals surface area contributed by atoms with Crippen molar-refractivity contribution in [2.75, 3.05) is 26.0 Å². The van der Waals surface area contributed by atoms with Crippen LogP contribution >= 0.6 is 0 Å². The van der Waals surface area contributed by atoms with Gasteiger partial charge in [-0.3, -0.25) is 14.3 Å². The van der Waals surface area contributed by atoms with Gasteiger partial charge in [0, 0.05) is 13.6 Å². The van der Waals surface area contributed by atoms with Gasteiger partial charge in [0.25, 0.3) is 0 Å². The predicted octanol–water partition coefficient (Wildman–Crippen LogP) is 1.39. The SMILES string of the molecule is Cc1nn(C)c(C)c1NC(=O)C(=O)NCC(c1ccccc1)N(C)C. The van der Waals surface area contributed by atoms with Gasteiger partial charge in [0.15, 0.2) is 0 Å². The third-order valence-electron chi connectivity index (χ3n) is 4.22. The molecular formula is C18H25N5O2. The number of anilines is 1. The van der Waals surface area contributed by atoms with Crippen molar-refractivity contribution < 1.29 is 9.59 Å². The summed E-state index contributed by atoms with van der Waals surface area (Å²) < 4.78 is 1.67. The lowest BCUT2D eigenvalue weighted by molar-refractivity contribution is -0.136. The molecule has 0 radical (unpaired) electrons. The molecule has 0 saturated heterocycles. The highest BCUT2D eigenvalue weighted by atomic mass is 16.2. The second-order valence-corrected chi connectivity index (χ2v) is 6.22. The summed E-state index contributed by atoms with van der Waals surface area (Å²) in [6, 6.07) is 9.84. The molecule has 0 fully saturated rings. The Kier molecular flexibility index (Phi) is 5.93. The van der Waals surface area contributed by atoms with Gasteiger partial charge in [-0.05, 0) is 33.5 Å². The Bertz CT molecular complexity index is 752. The van der Waals surface area contributed by atoms with Crippen LogP contribution in [0.25, 0.3) is 0 Å². The van der Waals surface area contributed by atoms with Gasteiger partial charge in [0.2, 0.25) is 0 Å². The van der Waals surface area contributed by atoms with Crippen molar-refractivity contribution >= 4 is 17.5 Å². The maximum Gasteiger partial charge on any atom is 0.313 e. The van der Waals surface area contributed by atoms with Crippen molar-refractivity contribution in [1.82, 2.24) is 20.0 Å². The number of nitrogens with zero attached hydrogens (tertiary/aromatic N) is 3. The van der Waals surface area contributed by atoms with Crippen molar-refractivity contribution in [2.45, 2.75) is 19.9 Å². The van der Waals surface area contributed by atoms with Crippen LogP contribution in [0, 0.1) is 13.8 Å². The minimum atomic E-state index is -0.690. The summed E-state index contributed by atoms with van der Waals surface area (Å²) in [6.45, 7) is 3.97. The predicted molar refractivity (Wildman–Crippen MR) is 97.2 cm³/mol. The minimum Gasteiger partial charge on any atom is -0.346 e. The molecule has 1 heterocycles. The van der Waals surface area contributed by atoms with Crippen LogP contribution in [-0.4, -0.2) is 47.1 Å². The molecule has 1 atom stereocenters. The van der Waals surface area contributed by atoms with Crippen LogP contribution in [0.15, 0.2) is 30.3 Å². The Morgan fingerprint density at radius 2 is 1.80 bits per heavy atom. The Hall–Kier alpha value is -2.67. The van der Waals surface area contributed by atoms with E-state index in [0.717, 1.165) is 11.3 Å². The lowest BCUT2D eigenvalue weighted by Crippen LogP contribution is -2.40. The molecule has 2 N–H and O–H groups in total. The highest BCUT2D eigenvalue weighted by Gasteiger charge is 2.20. The van der Waals surface area contributed by atoms with E-state index in [1.807, 2.05) is 56.3 Å². The van der Waals surface area contributed by atoms with Crippen molar-refractivity contribution in [2.24, 2.45) is 7.05 Å². The summed E-state index contributed by atoms with van der Waals surface area (Å²) in [5.41, 5.74) is 3.13. The molecule has 0 aliphatic rings. The fourth-order valence-corrected chi connectivity index (χ4v) is 2.67. The maximum atomic E-state index is 12.2. The summed E-state index contributed by atoms with van der Waals surface area (Å²) in [4.78, 5) is 26.3. The first-order valence-corrected chi connectivity index (χ1v) is 8.12. The zero-order chi connectivity index (χ0) is 18.6. The number of hydrogen-bond donors (Lipinski definition) is 2. The number of carbonyl (C=O) groups excluding carboxylic acids is 2. The monoisotopic (exact) mass is 343 g/mol. The second-order valence-electron chi connectivity index (χ2n) is 6.22. The number of likely N-dealkylation sites (N-methyl/N-ethyl adjacent to an activating group) is 1. The van der Waals surface area contributed by atoms with E-state index in [1.165, 1.54) is 0 Å². The first kappa shape index (κ1) is 18.7. The Morgan fingerprint density at radius 3 is 2.32 bits per heavy atom. The zero-order valence-corrected chi connectivity index (χ0v) is 15.3. The van der Waals surface area contributed by atoms with Gasteiger partial charge in [-0.1, -0.05) is 30.3 Å². The van der Waals surface area contributed by atoms with Gasteiger partial charge in [-0.15, -0.1) is 0 Å². The molecule has 0 bridgehead atoms. The van der Waals surface area contributed by atoms with Crippen LogP contribution in [0.4, 0.5) is 5.69 Å². The number of aromatic nitrogens is 2. The zero-order valence-electron chi connectivity index (χ0n) is 15.3. The molecule has 2 aromatic rings. The Morgan fingerprint density at radius 1 is 1.16 bits per heavy atom. The molecule has 134 valence electrons. The van der Waals surface area contributed by atoms with Gasteiger partial charge in [0.05, 0.1) is 23.1 Å². The number of hydrogen-bond acceptors (Lipinski definition) is 4. The lowest BCUT2D eigenvalue weighted by atomic mass is 10.1. The van der Waals surface area contributed by atoms with Gasteiger partial charge >= 0.3 is 11.8 Å². The minimum absolute atomic E-state index is 0.0141. The Labute approximate surface area is 148 Å². The summed E-state index contributed by atoms with van der Waals surface area (Å²) >= 11 is 0.